The number of nitrogens with zero attached hydrogens (tertiary/aromatic N) is 1. The standard InChI is InChI=1S/C12H14N2O4/c1-7(8-2-3-8)13-9-4-5-10(12(15)16)11(6-9)14(17)18/h4-8,13H,2-3H2,1H3,(H,15,16). The maximum Gasteiger partial charge on any atom is 0.342 e. The van der Waals surface area contributed by atoms with Gasteiger partial charge in [-0.25, -0.2) is 4.79 Å². The molecule has 1 aliphatic carbocycles. The highest BCUT2D eigenvalue weighted by Crippen LogP contribution is 2.34. The molecule has 0 heterocycles. The molecule has 1 aliphatic rings. The van der Waals surface area contributed by atoms with Crippen LogP contribution in [0, 0.1) is 16.0 Å². The van der Waals surface area contributed by atoms with Crippen LogP contribution in [0.5, 0.6) is 0 Å². The van der Waals surface area contributed by atoms with E-state index >= 15 is 0 Å². The van der Waals surface area contributed by atoms with Crippen molar-refractivity contribution < 1.29 is 14.8 Å². The van der Waals surface area contributed by atoms with Crippen LogP contribution in [-0.4, -0.2) is 22.0 Å². The van der Waals surface area contributed by atoms with Gasteiger partial charge in [-0.1, -0.05) is 0 Å². The number of nitrogens with one attached hydrogen (secondary N) is 1. The summed E-state index contributed by atoms with van der Waals surface area (Å²) in [4.78, 5) is 21.0. The second-order valence-corrected chi connectivity index (χ2v) is 4.56. The Hall–Kier alpha value is -2.11. The predicted octanol–water partition coefficient (Wildman–Crippen LogP) is 2.50. The second kappa shape index (κ2) is 4.64. The van der Waals surface area contributed by atoms with E-state index in [9.17, 15) is 14.9 Å². The smallest absolute Gasteiger partial charge is 0.342 e. The first-order chi connectivity index (χ1) is 8.49. The minimum Gasteiger partial charge on any atom is -0.477 e. The maximum atomic E-state index is 10.9. The van der Waals surface area contributed by atoms with Gasteiger partial charge in [-0.2, -0.15) is 0 Å². The van der Waals surface area contributed by atoms with Crippen LogP contribution in [0.4, 0.5) is 11.4 Å². The van der Waals surface area contributed by atoms with Crippen LogP contribution in [-0.2, 0) is 0 Å². The lowest BCUT2D eigenvalue weighted by molar-refractivity contribution is -0.385. The van der Waals surface area contributed by atoms with E-state index in [0.29, 0.717) is 11.6 Å². The molecule has 2 rings (SSSR count). The molecule has 0 bridgehead atoms. The van der Waals surface area contributed by atoms with Crippen LogP contribution in [0.25, 0.3) is 0 Å². The summed E-state index contributed by atoms with van der Waals surface area (Å²) in [5, 5.41) is 22.9. The molecule has 0 spiro atoms. The van der Waals surface area contributed by atoms with Crippen molar-refractivity contribution in [1.82, 2.24) is 0 Å². The molecule has 6 heteroatoms. The number of anilines is 1. The van der Waals surface area contributed by atoms with Gasteiger partial charge < -0.3 is 10.4 Å². The fraction of sp³-hybridized carbons (Fsp3) is 0.417. The average Bonchev–Trinajstić information content (AvgIpc) is 3.12. The summed E-state index contributed by atoms with van der Waals surface area (Å²) in [6.45, 7) is 2.02. The number of nitro benzene ring substituents is 1. The largest absolute Gasteiger partial charge is 0.477 e. The number of rotatable bonds is 5. The van der Waals surface area contributed by atoms with Crippen LogP contribution in [0.3, 0.4) is 0 Å². The minimum absolute atomic E-state index is 0.250. The Morgan fingerprint density at radius 1 is 1.56 bits per heavy atom. The molecule has 2 N–H and O–H groups in total. The fourth-order valence-electron chi connectivity index (χ4n) is 1.93. The average molecular weight is 250 g/mol. The molecule has 1 atom stereocenters. The van der Waals surface area contributed by atoms with Crippen molar-refractivity contribution in [3.8, 4) is 0 Å². The van der Waals surface area contributed by atoms with Gasteiger partial charge in [-0.05, 0) is 37.8 Å². The molecule has 0 aromatic heterocycles. The molecule has 1 aromatic carbocycles. The number of nitro groups is 1. The van der Waals surface area contributed by atoms with Gasteiger partial charge >= 0.3 is 5.97 Å². The molecule has 0 radical (unpaired) electrons. The highest BCUT2D eigenvalue weighted by molar-refractivity contribution is 5.93. The summed E-state index contributed by atoms with van der Waals surface area (Å²) in [7, 11) is 0. The van der Waals surface area contributed by atoms with Crippen molar-refractivity contribution >= 4 is 17.3 Å². The van der Waals surface area contributed by atoms with E-state index in [2.05, 4.69) is 5.32 Å². The van der Waals surface area contributed by atoms with Gasteiger partial charge in [0.2, 0.25) is 0 Å². The van der Waals surface area contributed by atoms with Crippen molar-refractivity contribution in [2.45, 2.75) is 25.8 Å². The summed E-state index contributed by atoms with van der Waals surface area (Å²) < 4.78 is 0. The zero-order valence-electron chi connectivity index (χ0n) is 9.92. The van der Waals surface area contributed by atoms with E-state index < -0.39 is 10.9 Å². The van der Waals surface area contributed by atoms with Crippen molar-refractivity contribution in [2.75, 3.05) is 5.32 Å². The summed E-state index contributed by atoms with van der Waals surface area (Å²) in [5.74, 6) is -0.674. The lowest BCUT2D eigenvalue weighted by atomic mass is 10.1. The van der Waals surface area contributed by atoms with E-state index in [1.54, 1.807) is 6.07 Å². The quantitative estimate of drug-likeness (QED) is 0.618. The number of hydrogen-bond acceptors (Lipinski definition) is 4. The first-order valence-electron chi connectivity index (χ1n) is 5.77. The molecular formula is C12H14N2O4. The molecule has 6 nitrogen and oxygen atoms in total. The highest BCUT2D eigenvalue weighted by Gasteiger charge is 2.28. The van der Waals surface area contributed by atoms with Gasteiger partial charge in [0.1, 0.15) is 5.56 Å². The van der Waals surface area contributed by atoms with Crippen molar-refractivity contribution in [1.29, 1.82) is 0 Å². The topological polar surface area (TPSA) is 92.5 Å². The van der Waals surface area contributed by atoms with Gasteiger partial charge in [0.15, 0.2) is 0 Å². The number of benzene rings is 1. The summed E-state index contributed by atoms with van der Waals surface area (Å²) in [6, 6.07) is 4.36. The zero-order valence-corrected chi connectivity index (χ0v) is 9.92. The van der Waals surface area contributed by atoms with Gasteiger partial charge in [0, 0.05) is 17.8 Å². The van der Waals surface area contributed by atoms with Crippen LogP contribution < -0.4 is 5.32 Å². The monoisotopic (exact) mass is 250 g/mol. The molecule has 0 amide bonds. The first-order valence-corrected chi connectivity index (χ1v) is 5.77. The number of carbonyl (C=O) groups is 1. The molecule has 1 fully saturated rings. The molecule has 1 saturated carbocycles. The fourth-order valence-corrected chi connectivity index (χ4v) is 1.93. The Morgan fingerprint density at radius 2 is 2.22 bits per heavy atom. The van der Waals surface area contributed by atoms with E-state index in [0.717, 1.165) is 0 Å². The van der Waals surface area contributed by atoms with Crippen molar-refractivity contribution in [3.63, 3.8) is 0 Å². The van der Waals surface area contributed by atoms with E-state index in [-0.39, 0.29) is 17.3 Å². The van der Waals surface area contributed by atoms with Crippen LogP contribution in [0.2, 0.25) is 0 Å². The van der Waals surface area contributed by atoms with Crippen LogP contribution in [0.15, 0.2) is 18.2 Å². The number of carboxylic acids is 1. The van der Waals surface area contributed by atoms with Crippen molar-refractivity contribution in [3.05, 3.63) is 33.9 Å². The third-order valence-electron chi connectivity index (χ3n) is 3.15. The van der Waals surface area contributed by atoms with Crippen LogP contribution >= 0.6 is 0 Å². The predicted molar refractivity (Wildman–Crippen MR) is 65.9 cm³/mol. The van der Waals surface area contributed by atoms with E-state index in [1.165, 1.54) is 25.0 Å². The van der Waals surface area contributed by atoms with Gasteiger partial charge in [-0.15, -0.1) is 0 Å². The van der Waals surface area contributed by atoms with Gasteiger partial charge in [0.25, 0.3) is 5.69 Å². The third kappa shape index (κ3) is 2.58. The lowest BCUT2D eigenvalue weighted by Crippen LogP contribution is -2.17. The molecule has 96 valence electrons. The Labute approximate surface area is 104 Å². The molecule has 18 heavy (non-hydrogen) atoms. The highest BCUT2D eigenvalue weighted by atomic mass is 16.6. The molecular weight excluding hydrogens is 236 g/mol. The number of aromatic carboxylic acids is 1. The number of hydrogen-bond donors (Lipinski definition) is 2. The summed E-state index contributed by atoms with van der Waals surface area (Å²) in [5.41, 5.74) is -0.0776. The third-order valence-corrected chi connectivity index (χ3v) is 3.15. The molecule has 1 unspecified atom stereocenters. The Bertz CT molecular complexity index is 497. The first kappa shape index (κ1) is 12.3. The van der Waals surface area contributed by atoms with Gasteiger partial charge in [0.05, 0.1) is 4.92 Å². The second-order valence-electron chi connectivity index (χ2n) is 4.56. The normalized spacial score (nSPS) is 16.1. The summed E-state index contributed by atoms with van der Waals surface area (Å²) >= 11 is 0. The van der Waals surface area contributed by atoms with E-state index in [1.807, 2.05) is 6.92 Å². The molecule has 0 saturated heterocycles. The van der Waals surface area contributed by atoms with E-state index in [4.69, 9.17) is 5.11 Å². The Morgan fingerprint density at radius 3 is 2.72 bits per heavy atom. The summed E-state index contributed by atoms with van der Waals surface area (Å²) in [6.07, 6.45) is 2.34. The molecule has 0 aliphatic heterocycles. The van der Waals surface area contributed by atoms with Crippen LogP contribution in [0.1, 0.15) is 30.1 Å². The maximum absolute atomic E-state index is 10.9. The zero-order chi connectivity index (χ0) is 13.3. The number of carboxylic acid groups (broad SMARTS) is 1. The Kier molecular flexibility index (Phi) is 3.18. The van der Waals surface area contributed by atoms with Gasteiger partial charge in [-0.3, -0.25) is 10.1 Å². The van der Waals surface area contributed by atoms with Crippen molar-refractivity contribution in [2.24, 2.45) is 5.92 Å². The SMILES string of the molecule is CC(Nc1ccc(C(=O)O)c([N+](=O)[O-])c1)C1CC1. The molecule has 1 aromatic rings. The minimum atomic E-state index is -1.29. The Balaban J connectivity index is 2.24. The lowest BCUT2D eigenvalue weighted by Gasteiger charge is -2.14.